The highest BCUT2D eigenvalue weighted by Gasteiger charge is 2.16. The summed E-state index contributed by atoms with van der Waals surface area (Å²) in [7, 11) is 0. The lowest BCUT2D eigenvalue weighted by Gasteiger charge is -2.20. The fourth-order valence-corrected chi connectivity index (χ4v) is 1.09. The third kappa shape index (κ3) is 3.86. The molecular formula is C11H16N2O3. The smallest absolute Gasteiger partial charge is 0.412 e. The Labute approximate surface area is 94.5 Å². The van der Waals surface area contributed by atoms with E-state index < -0.39 is 11.7 Å². The van der Waals surface area contributed by atoms with Crippen molar-refractivity contribution in [1.82, 2.24) is 4.98 Å². The molecule has 5 heteroatoms. The maximum Gasteiger partial charge on any atom is 0.412 e. The van der Waals surface area contributed by atoms with Crippen molar-refractivity contribution in [3.05, 3.63) is 24.0 Å². The van der Waals surface area contributed by atoms with E-state index in [4.69, 9.17) is 9.84 Å². The lowest BCUT2D eigenvalue weighted by atomic mass is 10.2. The number of aliphatic hydroxyl groups is 1. The van der Waals surface area contributed by atoms with Gasteiger partial charge in [-0.25, -0.2) is 4.79 Å². The van der Waals surface area contributed by atoms with Crippen molar-refractivity contribution in [1.29, 1.82) is 0 Å². The summed E-state index contributed by atoms with van der Waals surface area (Å²) in [5, 5.41) is 11.6. The number of hydrogen-bond donors (Lipinski definition) is 2. The number of pyridine rings is 1. The van der Waals surface area contributed by atoms with Crippen LogP contribution in [0.15, 0.2) is 18.5 Å². The van der Waals surface area contributed by atoms with Crippen LogP contribution in [0.3, 0.4) is 0 Å². The molecule has 0 aliphatic rings. The molecule has 0 aliphatic carbocycles. The van der Waals surface area contributed by atoms with Gasteiger partial charge in [0, 0.05) is 18.0 Å². The molecule has 0 spiro atoms. The number of rotatable bonds is 2. The molecule has 0 unspecified atom stereocenters. The van der Waals surface area contributed by atoms with E-state index in [0.717, 1.165) is 0 Å². The molecule has 1 aromatic rings. The molecular weight excluding hydrogens is 208 g/mol. The van der Waals surface area contributed by atoms with Gasteiger partial charge in [-0.2, -0.15) is 0 Å². The highest BCUT2D eigenvalue weighted by molar-refractivity contribution is 5.85. The van der Waals surface area contributed by atoms with E-state index in [9.17, 15) is 4.79 Å². The first kappa shape index (κ1) is 12.4. The van der Waals surface area contributed by atoms with Crippen molar-refractivity contribution < 1.29 is 14.6 Å². The van der Waals surface area contributed by atoms with Crippen LogP contribution in [-0.2, 0) is 11.3 Å². The van der Waals surface area contributed by atoms with Gasteiger partial charge in [0.1, 0.15) is 5.60 Å². The highest BCUT2D eigenvalue weighted by atomic mass is 16.6. The lowest BCUT2D eigenvalue weighted by Crippen LogP contribution is -2.27. The second-order valence-electron chi connectivity index (χ2n) is 4.32. The van der Waals surface area contributed by atoms with Gasteiger partial charge >= 0.3 is 6.09 Å². The van der Waals surface area contributed by atoms with Gasteiger partial charge in [-0.15, -0.1) is 0 Å². The molecule has 0 aliphatic heterocycles. The molecule has 0 saturated carbocycles. The lowest BCUT2D eigenvalue weighted by molar-refractivity contribution is 0.0635. The monoisotopic (exact) mass is 224 g/mol. The third-order valence-electron chi connectivity index (χ3n) is 1.71. The zero-order chi connectivity index (χ0) is 12.2. The number of ether oxygens (including phenoxy) is 1. The van der Waals surface area contributed by atoms with Gasteiger partial charge in [0.15, 0.2) is 0 Å². The summed E-state index contributed by atoms with van der Waals surface area (Å²) in [5.74, 6) is 0. The molecule has 0 atom stereocenters. The van der Waals surface area contributed by atoms with Gasteiger partial charge in [0.2, 0.25) is 0 Å². The fourth-order valence-electron chi connectivity index (χ4n) is 1.09. The Hall–Kier alpha value is -1.62. The van der Waals surface area contributed by atoms with Crippen molar-refractivity contribution in [3.63, 3.8) is 0 Å². The summed E-state index contributed by atoms with van der Waals surface area (Å²) in [6, 6.07) is 1.61. The van der Waals surface area contributed by atoms with Crippen molar-refractivity contribution in [2.45, 2.75) is 33.0 Å². The summed E-state index contributed by atoms with van der Waals surface area (Å²) in [6.45, 7) is 5.17. The van der Waals surface area contributed by atoms with Crippen molar-refractivity contribution in [2.24, 2.45) is 0 Å². The zero-order valence-electron chi connectivity index (χ0n) is 9.65. The molecule has 0 aromatic carbocycles. The first-order valence-corrected chi connectivity index (χ1v) is 4.96. The molecule has 1 rings (SSSR count). The minimum absolute atomic E-state index is 0.182. The molecule has 1 aromatic heterocycles. The molecule has 2 N–H and O–H groups in total. The van der Waals surface area contributed by atoms with E-state index in [0.29, 0.717) is 11.3 Å². The second kappa shape index (κ2) is 4.94. The second-order valence-corrected chi connectivity index (χ2v) is 4.32. The number of nitrogens with one attached hydrogen (secondary N) is 1. The summed E-state index contributed by atoms with van der Waals surface area (Å²) < 4.78 is 5.09. The Morgan fingerprint density at radius 3 is 2.81 bits per heavy atom. The van der Waals surface area contributed by atoms with E-state index >= 15 is 0 Å². The minimum atomic E-state index is -0.548. The SMILES string of the molecule is CC(C)(C)OC(=O)Nc1ccncc1CO. The quantitative estimate of drug-likeness (QED) is 0.805. The first-order valence-electron chi connectivity index (χ1n) is 4.96. The Kier molecular flexibility index (Phi) is 3.84. The van der Waals surface area contributed by atoms with Crippen molar-refractivity contribution >= 4 is 11.8 Å². The van der Waals surface area contributed by atoms with Gasteiger partial charge in [-0.05, 0) is 26.8 Å². The number of amides is 1. The zero-order valence-corrected chi connectivity index (χ0v) is 9.65. The molecule has 0 fully saturated rings. The topological polar surface area (TPSA) is 71.5 Å². The number of aromatic nitrogens is 1. The van der Waals surface area contributed by atoms with Gasteiger partial charge in [0.25, 0.3) is 0 Å². The molecule has 0 saturated heterocycles. The fraction of sp³-hybridized carbons (Fsp3) is 0.455. The van der Waals surface area contributed by atoms with Gasteiger partial charge in [0.05, 0.1) is 12.3 Å². The van der Waals surface area contributed by atoms with E-state index in [1.165, 1.54) is 12.4 Å². The Balaban J connectivity index is 2.70. The van der Waals surface area contributed by atoms with Crippen LogP contribution in [0, 0.1) is 0 Å². The van der Waals surface area contributed by atoms with Crippen LogP contribution in [0.1, 0.15) is 26.3 Å². The number of carbonyl (C=O) groups excluding carboxylic acids is 1. The number of aliphatic hydroxyl groups excluding tert-OH is 1. The maximum absolute atomic E-state index is 11.5. The summed E-state index contributed by atoms with van der Waals surface area (Å²) >= 11 is 0. The summed E-state index contributed by atoms with van der Waals surface area (Å²) in [6.07, 6.45) is 2.48. The average Bonchev–Trinajstić information content (AvgIpc) is 2.15. The van der Waals surface area contributed by atoms with E-state index in [2.05, 4.69) is 10.3 Å². The molecule has 1 amide bonds. The summed E-state index contributed by atoms with van der Waals surface area (Å²) in [5.41, 5.74) is 0.511. The van der Waals surface area contributed by atoms with Gasteiger partial charge < -0.3 is 9.84 Å². The predicted octanol–water partition coefficient (Wildman–Crippen LogP) is 1.92. The Morgan fingerprint density at radius 2 is 2.25 bits per heavy atom. The normalized spacial score (nSPS) is 11.0. The first-order chi connectivity index (χ1) is 7.42. The summed E-state index contributed by atoms with van der Waals surface area (Å²) in [4.78, 5) is 15.3. The van der Waals surface area contributed by atoms with Crippen LogP contribution >= 0.6 is 0 Å². The Morgan fingerprint density at radius 1 is 1.56 bits per heavy atom. The number of nitrogens with zero attached hydrogens (tertiary/aromatic N) is 1. The molecule has 0 radical (unpaired) electrons. The standard InChI is InChI=1S/C11H16N2O3/c1-11(2,3)16-10(15)13-9-4-5-12-6-8(9)7-14/h4-6,14H,7H2,1-3H3,(H,12,13,15). The van der Waals surface area contributed by atoms with E-state index in [-0.39, 0.29) is 6.61 Å². The molecule has 0 bridgehead atoms. The number of carbonyl (C=O) groups is 1. The van der Waals surface area contributed by atoms with Gasteiger partial charge in [-0.1, -0.05) is 0 Å². The highest BCUT2D eigenvalue weighted by Crippen LogP contribution is 2.15. The van der Waals surface area contributed by atoms with Crippen LogP contribution in [0.4, 0.5) is 10.5 Å². The van der Waals surface area contributed by atoms with E-state index in [1.54, 1.807) is 26.8 Å². The van der Waals surface area contributed by atoms with Crippen LogP contribution in [0.2, 0.25) is 0 Å². The number of hydrogen-bond acceptors (Lipinski definition) is 4. The molecule has 88 valence electrons. The minimum Gasteiger partial charge on any atom is -0.444 e. The predicted molar refractivity (Wildman–Crippen MR) is 60.0 cm³/mol. The number of anilines is 1. The van der Waals surface area contributed by atoms with Crippen molar-refractivity contribution in [3.8, 4) is 0 Å². The largest absolute Gasteiger partial charge is 0.444 e. The van der Waals surface area contributed by atoms with Crippen LogP contribution in [-0.4, -0.2) is 21.8 Å². The Bertz CT molecular complexity index is 372. The van der Waals surface area contributed by atoms with Crippen LogP contribution in [0.5, 0.6) is 0 Å². The molecule has 16 heavy (non-hydrogen) atoms. The third-order valence-corrected chi connectivity index (χ3v) is 1.71. The van der Waals surface area contributed by atoms with Crippen LogP contribution < -0.4 is 5.32 Å². The molecule has 1 heterocycles. The average molecular weight is 224 g/mol. The molecule has 5 nitrogen and oxygen atoms in total. The van der Waals surface area contributed by atoms with Crippen LogP contribution in [0.25, 0.3) is 0 Å². The van der Waals surface area contributed by atoms with E-state index in [1.807, 2.05) is 0 Å². The van der Waals surface area contributed by atoms with Crippen molar-refractivity contribution in [2.75, 3.05) is 5.32 Å². The maximum atomic E-state index is 11.5. The van der Waals surface area contributed by atoms with Gasteiger partial charge in [-0.3, -0.25) is 10.3 Å².